The fourth-order valence-electron chi connectivity index (χ4n) is 0.833. The van der Waals surface area contributed by atoms with Crippen LogP contribution >= 0.6 is 0 Å². The van der Waals surface area contributed by atoms with Gasteiger partial charge in [-0.25, -0.2) is 0 Å². The standard InChI is InChI=1S/C10H23N3O/c1-10(2,3)6-7-14-12-9(11)8-13(4)5/h6-8H2,1-5H3,(H2,11,12). The van der Waals surface area contributed by atoms with Crippen LogP contribution in [0.2, 0.25) is 0 Å². The molecule has 2 N–H and O–H groups in total. The van der Waals surface area contributed by atoms with Crippen LogP contribution in [0, 0.1) is 5.41 Å². The van der Waals surface area contributed by atoms with Crippen LogP contribution < -0.4 is 5.73 Å². The molecule has 4 nitrogen and oxygen atoms in total. The molecule has 0 fully saturated rings. The van der Waals surface area contributed by atoms with Crippen LogP contribution in [0.15, 0.2) is 5.16 Å². The molecule has 0 atom stereocenters. The predicted octanol–water partition coefficient (Wildman–Crippen LogP) is 1.27. The zero-order valence-electron chi connectivity index (χ0n) is 10.0. The third-order valence-electron chi connectivity index (χ3n) is 1.60. The van der Waals surface area contributed by atoms with Crippen molar-refractivity contribution in [2.75, 3.05) is 27.2 Å². The highest BCUT2D eigenvalue weighted by Gasteiger charge is 2.09. The number of hydrogen-bond donors (Lipinski definition) is 1. The molecule has 4 heteroatoms. The van der Waals surface area contributed by atoms with Crippen molar-refractivity contribution in [1.29, 1.82) is 0 Å². The van der Waals surface area contributed by atoms with Crippen molar-refractivity contribution < 1.29 is 4.84 Å². The summed E-state index contributed by atoms with van der Waals surface area (Å²) in [7, 11) is 3.88. The summed E-state index contributed by atoms with van der Waals surface area (Å²) in [5, 5.41) is 3.82. The largest absolute Gasteiger partial charge is 0.394 e. The first-order valence-electron chi connectivity index (χ1n) is 4.90. The molecule has 0 amide bonds. The molecular weight excluding hydrogens is 178 g/mol. The molecule has 0 radical (unpaired) electrons. The maximum Gasteiger partial charge on any atom is 0.153 e. The smallest absolute Gasteiger partial charge is 0.153 e. The number of oxime groups is 1. The van der Waals surface area contributed by atoms with Crippen molar-refractivity contribution >= 4 is 5.84 Å². The minimum absolute atomic E-state index is 0.284. The van der Waals surface area contributed by atoms with E-state index in [-0.39, 0.29) is 5.41 Å². The van der Waals surface area contributed by atoms with Gasteiger partial charge in [-0.05, 0) is 25.9 Å². The van der Waals surface area contributed by atoms with E-state index in [2.05, 4.69) is 25.9 Å². The Kier molecular flexibility index (Phi) is 5.53. The lowest BCUT2D eigenvalue weighted by molar-refractivity contribution is 0.115. The normalized spacial score (nSPS) is 13.4. The van der Waals surface area contributed by atoms with Gasteiger partial charge in [-0.3, -0.25) is 0 Å². The first-order chi connectivity index (χ1) is 6.31. The number of rotatable bonds is 5. The van der Waals surface area contributed by atoms with Gasteiger partial charge in [0, 0.05) is 0 Å². The van der Waals surface area contributed by atoms with Gasteiger partial charge < -0.3 is 15.5 Å². The van der Waals surface area contributed by atoms with Gasteiger partial charge in [-0.2, -0.15) is 0 Å². The van der Waals surface area contributed by atoms with Crippen molar-refractivity contribution in [3.63, 3.8) is 0 Å². The molecule has 84 valence electrons. The van der Waals surface area contributed by atoms with E-state index >= 15 is 0 Å². The lowest BCUT2D eigenvalue weighted by Gasteiger charge is -2.16. The summed E-state index contributed by atoms with van der Waals surface area (Å²) in [6.07, 6.45) is 0.978. The molecule has 0 saturated heterocycles. The summed E-state index contributed by atoms with van der Waals surface area (Å²) in [6, 6.07) is 0. The Morgan fingerprint density at radius 3 is 2.36 bits per heavy atom. The average Bonchev–Trinajstić information content (AvgIpc) is 1.95. The van der Waals surface area contributed by atoms with Gasteiger partial charge in [-0.15, -0.1) is 0 Å². The highest BCUT2D eigenvalue weighted by atomic mass is 16.6. The van der Waals surface area contributed by atoms with E-state index in [4.69, 9.17) is 10.6 Å². The molecule has 0 rings (SSSR count). The molecule has 0 saturated carbocycles. The second kappa shape index (κ2) is 5.86. The lowest BCUT2D eigenvalue weighted by Crippen LogP contribution is -2.28. The highest BCUT2D eigenvalue weighted by molar-refractivity contribution is 5.81. The van der Waals surface area contributed by atoms with Gasteiger partial charge in [0.1, 0.15) is 6.61 Å². The van der Waals surface area contributed by atoms with Gasteiger partial charge in [-0.1, -0.05) is 25.9 Å². The van der Waals surface area contributed by atoms with Crippen LogP contribution in [-0.4, -0.2) is 38.0 Å². The van der Waals surface area contributed by atoms with Crippen molar-refractivity contribution in [3.05, 3.63) is 0 Å². The highest BCUT2D eigenvalue weighted by Crippen LogP contribution is 2.17. The molecule has 0 aliphatic heterocycles. The number of hydrogen-bond acceptors (Lipinski definition) is 3. The van der Waals surface area contributed by atoms with E-state index in [0.717, 1.165) is 6.42 Å². The van der Waals surface area contributed by atoms with Crippen molar-refractivity contribution in [2.24, 2.45) is 16.3 Å². The quantitative estimate of drug-likeness (QED) is 0.315. The molecule has 0 spiro atoms. The zero-order valence-corrected chi connectivity index (χ0v) is 10.0. The second-order valence-electron chi connectivity index (χ2n) is 4.96. The Morgan fingerprint density at radius 1 is 1.36 bits per heavy atom. The van der Waals surface area contributed by atoms with E-state index in [0.29, 0.717) is 19.0 Å². The topological polar surface area (TPSA) is 50.8 Å². The fraction of sp³-hybridized carbons (Fsp3) is 0.900. The average molecular weight is 201 g/mol. The molecular formula is C10H23N3O. The van der Waals surface area contributed by atoms with Crippen molar-refractivity contribution in [3.8, 4) is 0 Å². The van der Waals surface area contributed by atoms with E-state index < -0.39 is 0 Å². The molecule has 0 aromatic carbocycles. The number of nitrogens with zero attached hydrogens (tertiary/aromatic N) is 2. The molecule has 0 bridgehead atoms. The Hall–Kier alpha value is -0.770. The van der Waals surface area contributed by atoms with Gasteiger partial charge in [0.05, 0.1) is 6.54 Å². The Morgan fingerprint density at radius 2 is 1.93 bits per heavy atom. The molecule has 0 aliphatic rings. The number of nitrogens with two attached hydrogens (primary N) is 1. The third-order valence-corrected chi connectivity index (χ3v) is 1.60. The van der Waals surface area contributed by atoms with E-state index in [1.807, 2.05) is 19.0 Å². The summed E-state index contributed by atoms with van der Waals surface area (Å²) < 4.78 is 0. The van der Waals surface area contributed by atoms with Gasteiger partial charge >= 0.3 is 0 Å². The van der Waals surface area contributed by atoms with Crippen molar-refractivity contribution in [1.82, 2.24) is 4.90 Å². The van der Waals surface area contributed by atoms with Gasteiger partial charge in [0.25, 0.3) is 0 Å². The van der Waals surface area contributed by atoms with Crippen LogP contribution in [0.5, 0.6) is 0 Å². The molecule has 0 aromatic heterocycles. The summed E-state index contributed by atoms with van der Waals surface area (Å²) >= 11 is 0. The zero-order chi connectivity index (χ0) is 11.2. The number of likely N-dealkylation sites (N-methyl/N-ethyl adjacent to an activating group) is 1. The first-order valence-corrected chi connectivity index (χ1v) is 4.90. The van der Waals surface area contributed by atoms with Crippen LogP contribution in [0.1, 0.15) is 27.2 Å². The van der Waals surface area contributed by atoms with Crippen LogP contribution in [0.3, 0.4) is 0 Å². The van der Waals surface area contributed by atoms with Gasteiger partial charge in [0.15, 0.2) is 5.84 Å². The first kappa shape index (κ1) is 13.2. The SMILES string of the molecule is CN(C)C/C(N)=N/OCCC(C)(C)C. The van der Waals surface area contributed by atoms with E-state index in [9.17, 15) is 0 Å². The number of amidine groups is 1. The summed E-state index contributed by atoms with van der Waals surface area (Å²) in [6.45, 7) is 7.77. The summed E-state index contributed by atoms with van der Waals surface area (Å²) in [4.78, 5) is 7.06. The second-order valence-corrected chi connectivity index (χ2v) is 4.96. The molecule has 14 heavy (non-hydrogen) atoms. The van der Waals surface area contributed by atoms with E-state index in [1.54, 1.807) is 0 Å². The maximum atomic E-state index is 5.61. The molecule has 0 aromatic rings. The fourth-order valence-corrected chi connectivity index (χ4v) is 0.833. The van der Waals surface area contributed by atoms with Crippen molar-refractivity contribution in [2.45, 2.75) is 27.2 Å². The van der Waals surface area contributed by atoms with Crippen LogP contribution in [0.4, 0.5) is 0 Å². The van der Waals surface area contributed by atoms with Crippen LogP contribution in [-0.2, 0) is 4.84 Å². The summed E-state index contributed by atoms with van der Waals surface area (Å²) in [5.74, 6) is 0.518. The molecule has 0 unspecified atom stereocenters. The lowest BCUT2D eigenvalue weighted by atomic mass is 9.93. The van der Waals surface area contributed by atoms with Crippen LogP contribution in [0.25, 0.3) is 0 Å². The Labute approximate surface area is 87.1 Å². The monoisotopic (exact) mass is 201 g/mol. The molecule has 0 aliphatic carbocycles. The Bertz CT molecular complexity index is 182. The maximum absolute atomic E-state index is 5.61. The molecule has 0 heterocycles. The predicted molar refractivity (Wildman–Crippen MR) is 60.2 cm³/mol. The summed E-state index contributed by atoms with van der Waals surface area (Å²) in [5.41, 5.74) is 5.89. The minimum Gasteiger partial charge on any atom is -0.394 e. The Balaban J connectivity index is 3.61. The third kappa shape index (κ3) is 9.32. The van der Waals surface area contributed by atoms with E-state index in [1.165, 1.54) is 0 Å². The van der Waals surface area contributed by atoms with Gasteiger partial charge in [0.2, 0.25) is 0 Å². The minimum atomic E-state index is 0.284.